The first kappa shape index (κ1) is 24.0. The molecule has 0 saturated heterocycles. The molecule has 0 heterocycles. The van der Waals surface area contributed by atoms with Gasteiger partial charge in [-0.05, 0) is 48.8 Å². The average molecular weight is 488 g/mol. The molecule has 2 N–H and O–H groups in total. The Balaban J connectivity index is 0.00000364. The number of nitrogens with one attached hydrogen (secondary N) is 2. The lowest BCUT2D eigenvalue weighted by Gasteiger charge is -2.30. The van der Waals surface area contributed by atoms with E-state index in [-0.39, 0.29) is 24.0 Å². The monoisotopic (exact) mass is 488 g/mol. The Hall–Kier alpha value is -1.02. The van der Waals surface area contributed by atoms with Gasteiger partial charge in [0.25, 0.3) is 0 Å². The van der Waals surface area contributed by atoms with E-state index in [0.717, 1.165) is 32.1 Å². The standard InChI is InChI=1S/C21H36N4O.HI/c1-17-8-9-18(19(14-17)25(3)4)15-23-20(22-2)24-16-21(12-13-26-5)10-6-7-11-21;/h8-9,14H,6-7,10-13,15-16H2,1-5H3,(H2,22,23,24);1H. The first-order chi connectivity index (χ1) is 12.5. The molecule has 0 bridgehead atoms. The Morgan fingerprint density at radius 3 is 2.52 bits per heavy atom. The van der Waals surface area contributed by atoms with E-state index in [0.29, 0.717) is 5.41 Å². The van der Waals surface area contributed by atoms with E-state index in [1.807, 2.05) is 7.05 Å². The van der Waals surface area contributed by atoms with Crippen LogP contribution in [0.25, 0.3) is 0 Å². The zero-order chi connectivity index (χ0) is 19.0. The van der Waals surface area contributed by atoms with E-state index < -0.39 is 0 Å². The number of aryl methyl sites for hydroxylation is 1. The third kappa shape index (κ3) is 7.14. The fraction of sp³-hybridized carbons (Fsp3) is 0.667. The maximum atomic E-state index is 5.33. The molecular formula is C21H37IN4O. The average Bonchev–Trinajstić information content (AvgIpc) is 3.10. The van der Waals surface area contributed by atoms with E-state index >= 15 is 0 Å². The van der Waals surface area contributed by atoms with E-state index in [1.165, 1.54) is 42.5 Å². The molecule has 2 rings (SSSR count). The second-order valence-corrected chi connectivity index (χ2v) is 7.76. The summed E-state index contributed by atoms with van der Waals surface area (Å²) in [5.74, 6) is 0.874. The molecule has 6 heteroatoms. The molecule has 1 aliphatic rings. The number of guanidine groups is 1. The van der Waals surface area contributed by atoms with Crippen LogP contribution < -0.4 is 15.5 Å². The molecule has 0 radical (unpaired) electrons. The number of benzene rings is 1. The van der Waals surface area contributed by atoms with Crippen LogP contribution in [0.2, 0.25) is 0 Å². The Bertz CT molecular complexity index is 598. The Morgan fingerprint density at radius 2 is 1.93 bits per heavy atom. The van der Waals surface area contributed by atoms with Crippen LogP contribution >= 0.6 is 24.0 Å². The van der Waals surface area contributed by atoms with Crippen LogP contribution in [-0.2, 0) is 11.3 Å². The van der Waals surface area contributed by atoms with Gasteiger partial charge in [-0.15, -0.1) is 24.0 Å². The van der Waals surface area contributed by atoms with Crippen molar-refractivity contribution in [1.82, 2.24) is 10.6 Å². The summed E-state index contributed by atoms with van der Waals surface area (Å²) in [6, 6.07) is 6.59. The predicted octanol–water partition coefficient (Wildman–Crippen LogP) is 3.94. The van der Waals surface area contributed by atoms with Gasteiger partial charge in [-0.1, -0.05) is 25.0 Å². The molecule has 27 heavy (non-hydrogen) atoms. The van der Waals surface area contributed by atoms with Gasteiger partial charge >= 0.3 is 0 Å². The summed E-state index contributed by atoms with van der Waals surface area (Å²) < 4.78 is 5.33. The highest BCUT2D eigenvalue weighted by atomic mass is 127. The number of hydrogen-bond acceptors (Lipinski definition) is 3. The summed E-state index contributed by atoms with van der Waals surface area (Å²) in [4.78, 5) is 6.58. The van der Waals surface area contributed by atoms with Gasteiger partial charge < -0.3 is 20.3 Å². The maximum Gasteiger partial charge on any atom is 0.191 e. The fourth-order valence-electron chi connectivity index (χ4n) is 3.87. The van der Waals surface area contributed by atoms with Crippen molar-refractivity contribution in [2.45, 2.75) is 45.6 Å². The summed E-state index contributed by atoms with van der Waals surface area (Å²) >= 11 is 0. The summed E-state index contributed by atoms with van der Waals surface area (Å²) in [6.45, 7) is 4.69. The maximum absolute atomic E-state index is 5.33. The molecule has 0 spiro atoms. The van der Waals surface area contributed by atoms with Crippen molar-refractivity contribution in [2.24, 2.45) is 10.4 Å². The molecule has 0 aromatic heterocycles. The highest BCUT2D eigenvalue weighted by Gasteiger charge is 2.33. The Labute approximate surface area is 182 Å². The molecule has 0 unspecified atom stereocenters. The van der Waals surface area contributed by atoms with Gasteiger partial charge in [0, 0.05) is 53.6 Å². The van der Waals surface area contributed by atoms with Gasteiger partial charge in [0.05, 0.1) is 0 Å². The molecule has 1 aromatic rings. The normalized spacial score (nSPS) is 16.0. The molecule has 5 nitrogen and oxygen atoms in total. The van der Waals surface area contributed by atoms with Crippen molar-refractivity contribution < 1.29 is 4.74 Å². The van der Waals surface area contributed by atoms with Crippen LogP contribution in [0.4, 0.5) is 5.69 Å². The van der Waals surface area contributed by atoms with E-state index in [4.69, 9.17) is 4.74 Å². The third-order valence-electron chi connectivity index (χ3n) is 5.52. The summed E-state index contributed by atoms with van der Waals surface area (Å²) in [5, 5.41) is 7.04. The SMILES string of the molecule is CN=C(NCc1ccc(C)cc1N(C)C)NCC1(CCOC)CCCC1.I. The first-order valence-electron chi connectivity index (χ1n) is 9.70. The molecule has 0 amide bonds. The zero-order valence-corrected chi connectivity index (χ0v) is 19.9. The van der Waals surface area contributed by atoms with E-state index in [2.05, 4.69) is 59.7 Å². The number of halogens is 1. The molecule has 0 aliphatic heterocycles. The van der Waals surface area contributed by atoms with Crippen molar-refractivity contribution in [3.8, 4) is 0 Å². The lowest BCUT2D eigenvalue weighted by Crippen LogP contribution is -2.43. The van der Waals surface area contributed by atoms with Crippen LogP contribution in [0.5, 0.6) is 0 Å². The predicted molar refractivity (Wildman–Crippen MR) is 127 cm³/mol. The van der Waals surface area contributed by atoms with Gasteiger partial charge in [-0.25, -0.2) is 0 Å². The molecule has 0 atom stereocenters. The number of anilines is 1. The highest BCUT2D eigenvalue weighted by molar-refractivity contribution is 14.0. The molecule has 1 fully saturated rings. The minimum atomic E-state index is 0. The smallest absolute Gasteiger partial charge is 0.191 e. The molecule has 154 valence electrons. The number of methoxy groups -OCH3 is 1. The van der Waals surface area contributed by atoms with Gasteiger partial charge in [0.15, 0.2) is 5.96 Å². The van der Waals surface area contributed by atoms with Crippen molar-refractivity contribution >= 4 is 35.6 Å². The lowest BCUT2D eigenvalue weighted by atomic mass is 9.83. The third-order valence-corrected chi connectivity index (χ3v) is 5.52. The fourth-order valence-corrected chi connectivity index (χ4v) is 3.87. The molecule has 1 aromatic carbocycles. The van der Waals surface area contributed by atoms with Crippen molar-refractivity contribution in [3.63, 3.8) is 0 Å². The number of ether oxygens (including phenoxy) is 1. The second kappa shape index (κ2) is 11.7. The minimum Gasteiger partial charge on any atom is -0.385 e. The van der Waals surface area contributed by atoms with Gasteiger partial charge in [0.1, 0.15) is 0 Å². The Kier molecular flexibility index (Phi) is 10.4. The quantitative estimate of drug-likeness (QED) is 0.331. The molecule has 1 aliphatic carbocycles. The molecular weight excluding hydrogens is 451 g/mol. The van der Waals surface area contributed by atoms with Crippen molar-refractivity contribution in [1.29, 1.82) is 0 Å². The van der Waals surface area contributed by atoms with Crippen molar-refractivity contribution in [2.75, 3.05) is 46.3 Å². The topological polar surface area (TPSA) is 48.9 Å². The first-order valence-corrected chi connectivity index (χ1v) is 9.70. The van der Waals surface area contributed by atoms with Gasteiger partial charge in [0.2, 0.25) is 0 Å². The van der Waals surface area contributed by atoms with Gasteiger partial charge in [-0.2, -0.15) is 0 Å². The number of rotatable bonds is 8. The van der Waals surface area contributed by atoms with Crippen LogP contribution in [0.1, 0.15) is 43.2 Å². The van der Waals surface area contributed by atoms with Crippen LogP contribution in [0, 0.1) is 12.3 Å². The van der Waals surface area contributed by atoms with E-state index in [9.17, 15) is 0 Å². The Morgan fingerprint density at radius 1 is 1.22 bits per heavy atom. The summed E-state index contributed by atoms with van der Waals surface area (Å²) in [6.07, 6.45) is 6.34. The minimum absolute atomic E-state index is 0. The second-order valence-electron chi connectivity index (χ2n) is 7.76. The molecule has 1 saturated carbocycles. The summed E-state index contributed by atoms with van der Waals surface area (Å²) in [5.41, 5.74) is 4.16. The largest absolute Gasteiger partial charge is 0.385 e. The van der Waals surface area contributed by atoms with Gasteiger partial charge in [-0.3, -0.25) is 4.99 Å². The summed E-state index contributed by atoms with van der Waals surface area (Å²) in [7, 11) is 7.81. The number of nitrogens with zero attached hydrogens (tertiary/aromatic N) is 2. The zero-order valence-electron chi connectivity index (χ0n) is 17.6. The van der Waals surface area contributed by atoms with Crippen LogP contribution in [-0.4, -0.2) is 47.4 Å². The van der Waals surface area contributed by atoms with Crippen LogP contribution in [0.3, 0.4) is 0 Å². The van der Waals surface area contributed by atoms with Crippen LogP contribution in [0.15, 0.2) is 23.2 Å². The van der Waals surface area contributed by atoms with E-state index in [1.54, 1.807) is 7.11 Å². The highest BCUT2D eigenvalue weighted by Crippen LogP contribution is 2.40. The lowest BCUT2D eigenvalue weighted by molar-refractivity contribution is 0.138. The number of hydrogen-bond donors (Lipinski definition) is 2. The number of aliphatic imine (C=N–C) groups is 1. The van der Waals surface area contributed by atoms with Crippen molar-refractivity contribution in [3.05, 3.63) is 29.3 Å².